The Hall–Kier alpha value is -1.37. The number of aromatic nitrogens is 1. The van der Waals surface area contributed by atoms with Crippen molar-refractivity contribution in [2.45, 2.75) is 30.8 Å². The summed E-state index contributed by atoms with van der Waals surface area (Å²) in [5, 5.41) is 1.95. The number of thioether (sulfide) groups is 1. The Bertz CT molecular complexity index is 726. The van der Waals surface area contributed by atoms with Crippen LogP contribution < -0.4 is 0 Å². The SMILES string of the molecule is Cc1cccc(COC2CSC3(C2)CN(C(=O)c2cccs2)C3)n1. The predicted octanol–water partition coefficient (Wildman–Crippen LogP) is 3.37. The van der Waals surface area contributed by atoms with Gasteiger partial charge in [0.1, 0.15) is 0 Å². The lowest BCUT2D eigenvalue weighted by atomic mass is 9.92. The first-order chi connectivity index (χ1) is 11.6. The summed E-state index contributed by atoms with van der Waals surface area (Å²) < 4.78 is 6.26. The highest BCUT2D eigenvalue weighted by Gasteiger charge is 2.51. The van der Waals surface area contributed by atoms with Crippen LogP contribution in [0.1, 0.15) is 27.5 Å². The van der Waals surface area contributed by atoms with E-state index in [9.17, 15) is 4.79 Å². The molecule has 24 heavy (non-hydrogen) atoms. The van der Waals surface area contributed by atoms with Crippen LogP contribution in [0, 0.1) is 6.92 Å². The Morgan fingerprint density at radius 2 is 2.25 bits per heavy atom. The number of rotatable bonds is 4. The minimum Gasteiger partial charge on any atom is -0.371 e. The van der Waals surface area contributed by atoms with Crippen molar-refractivity contribution in [1.29, 1.82) is 0 Å². The van der Waals surface area contributed by atoms with E-state index in [1.807, 2.05) is 59.3 Å². The van der Waals surface area contributed by atoms with Crippen LogP contribution in [-0.4, -0.2) is 45.5 Å². The highest BCUT2D eigenvalue weighted by molar-refractivity contribution is 8.01. The summed E-state index contributed by atoms with van der Waals surface area (Å²) in [7, 11) is 0. The van der Waals surface area contributed by atoms with Crippen molar-refractivity contribution in [3.63, 3.8) is 0 Å². The Morgan fingerprint density at radius 1 is 1.38 bits per heavy atom. The van der Waals surface area contributed by atoms with Crippen LogP contribution in [0.3, 0.4) is 0 Å². The maximum absolute atomic E-state index is 12.3. The molecule has 1 amide bonds. The van der Waals surface area contributed by atoms with E-state index in [4.69, 9.17) is 4.74 Å². The maximum atomic E-state index is 12.3. The quantitative estimate of drug-likeness (QED) is 0.838. The van der Waals surface area contributed by atoms with Gasteiger partial charge in [0.15, 0.2) is 0 Å². The van der Waals surface area contributed by atoms with E-state index in [1.54, 1.807) is 0 Å². The highest BCUT2D eigenvalue weighted by Crippen LogP contribution is 2.46. The zero-order valence-electron chi connectivity index (χ0n) is 13.6. The number of nitrogens with zero attached hydrogens (tertiary/aromatic N) is 2. The topological polar surface area (TPSA) is 42.4 Å². The van der Waals surface area contributed by atoms with Crippen molar-refractivity contribution in [2.75, 3.05) is 18.8 Å². The molecule has 0 saturated carbocycles. The summed E-state index contributed by atoms with van der Waals surface area (Å²) >= 11 is 3.48. The molecule has 2 saturated heterocycles. The van der Waals surface area contributed by atoms with Crippen molar-refractivity contribution in [1.82, 2.24) is 9.88 Å². The van der Waals surface area contributed by atoms with E-state index in [2.05, 4.69) is 4.98 Å². The molecule has 1 atom stereocenters. The Morgan fingerprint density at radius 3 is 3.00 bits per heavy atom. The van der Waals surface area contributed by atoms with Gasteiger partial charge >= 0.3 is 0 Å². The monoisotopic (exact) mass is 360 g/mol. The number of amides is 1. The van der Waals surface area contributed by atoms with E-state index < -0.39 is 0 Å². The summed E-state index contributed by atoms with van der Waals surface area (Å²) in [4.78, 5) is 19.6. The van der Waals surface area contributed by atoms with Gasteiger partial charge in [0.2, 0.25) is 0 Å². The summed E-state index contributed by atoms with van der Waals surface area (Å²) in [6, 6.07) is 9.86. The summed E-state index contributed by atoms with van der Waals surface area (Å²) in [6.45, 7) is 4.26. The van der Waals surface area contributed by atoms with Gasteiger partial charge in [-0.1, -0.05) is 12.1 Å². The summed E-state index contributed by atoms with van der Waals surface area (Å²) in [5.74, 6) is 1.18. The molecule has 0 N–H and O–H groups in total. The molecule has 6 heteroatoms. The van der Waals surface area contributed by atoms with Crippen molar-refractivity contribution in [3.8, 4) is 0 Å². The molecular weight excluding hydrogens is 340 g/mol. The largest absolute Gasteiger partial charge is 0.371 e. The lowest BCUT2D eigenvalue weighted by Crippen LogP contribution is -2.60. The molecule has 2 aromatic rings. The fraction of sp³-hybridized carbons (Fsp3) is 0.444. The summed E-state index contributed by atoms with van der Waals surface area (Å²) in [6.07, 6.45) is 1.29. The molecular formula is C18H20N2O2S2. The van der Waals surface area contributed by atoms with Gasteiger partial charge in [-0.05, 0) is 36.9 Å². The first kappa shape index (κ1) is 16.1. The predicted molar refractivity (Wildman–Crippen MR) is 97.6 cm³/mol. The number of likely N-dealkylation sites (tertiary alicyclic amines) is 1. The van der Waals surface area contributed by atoms with E-state index in [1.165, 1.54) is 11.3 Å². The number of ether oxygens (including phenoxy) is 1. The molecule has 0 aliphatic carbocycles. The van der Waals surface area contributed by atoms with Gasteiger partial charge < -0.3 is 9.64 Å². The van der Waals surface area contributed by atoms with Gasteiger partial charge in [-0.25, -0.2) is 0 Å². The number of aryl methyl sites for hydroxylation is 1. The van der Waals surface area contributed by atoms with Crippen LogP contribution in [0.15, 0.2) is 35.7 Å². The molecule has 1 unspecified atom stereocenters. The molecule has 2 aliphatic heterocycles. The van der Waals surface area contributed by atoms with Crippen LogP contribution in [0.5, 0.6) is 0 Å². The van der Waals surface area contributed by atoms with E-state index >= 15 is 0 Å². The smallest absolute Gasteiger partial charge is 0.264 e. The number of thiophene rings is 1. The van der Waals surface area contributed by atoms with Gasteiger partial charge in [0.25, 0.3) is 5.91 Å². The van der Waals surface area contributed by atoms with Crippen LogP contribution in [0.2, 0.25) is 0 Å². The fourth-order valence-electron chi connectivity index (χ4n) is 3.36. The fourth-order valence-corrected chi connectivity index (χ4v) is 5.60. The van der Waals surface area contributed by atoms with Crippen molar-refractivity contribution >= 4 is 29.0 Å². The van der Waals surface area contributed by atoms with Crippen molar-refractivity contribution in [3.05, 3.63) is 52.0 Å². The van der Waals surface area contributed by atoms with Crippen LogP contribution in [0.25, 0.3) is 0 Å². The van der Waals surface area contributed by atoms with Crippen LogP contribution in [0.4, 0.5) is 0 Å². The van der Waals surface area contributed by atoms with Crippen LogP contribution in [-0.2, 0) is 11.3 Å². The average Bonchev–Trinajstić information content (AvgIpc) is 3.21. The Kier molecular flexibility index (Phi) is 4.37. The van der Waals surface area contributed by atoms with E-state index in [-0.39, 0.29) is 16.8 Å². The normalized spacial score (nSPS) is 21.9. The molecule has 2 aromatic heterocycles. The third kappa shape index (κ3) is 3.23. The lowest BCUT2D eigenvalue weighted by molar-refractivity contribution is 0.0246. The number of hydrogen-bond acceptors (Lipinski definition) is 5. The zero-order valence-corrected chi connectivity index (χ0v) is 15.2. The van der Waals surface area contributed by atoms with Gasteiger partial charge in [-0.15, -0.1) is 23.1 Å². The van der Waals surface area contributed by atoms with Gasteiger partial charge in [-0.2, -0.15) is 0 Å². The van der Waals surface area contributed by atoms with E-state index in [0.717, 1.165) is 41.5 Å². The van der Waals surface area contributed by atoms with E-state index in [0.29, 0.717) is 6.61 Å². The Labute approximate surface area is 150 Å². The van der Waals surface area contributed by atoms with Gasteiger partial charge in [0, 0.05) is 24.5 Å². The van der Waals surface area contributed by atoms with Crippen LogP contribution >= 0.6 is 23.1 Å². The molecule has 126 valence electrons. The first-order valence-electron chi connectivity index (χ1n) is 8.14. The molecule has 2 aliphatic rings. The maximum Gasteiger partial charge on any atom is 0.264 e. The Balaban J connectivity index is 1.28. The van der Waals surface area contributed by atoms with Gasteiger partial charge in [-0.3, -0.25) is 9.78 Å². The second kappa shape index (κ2) is 6.50. The average molecular weight is 361 g/mol. The molecule has 4 rings (SSSR count). The number of carbonyl (C=O) groups excluding carboxylic acids is 1. The number of hydrogen-bond donors (Lipinski definition) is 0. The molecule has 2 fully saturated rings. The summed E-state index contributed by atoms with van der Waals surface area (Å²) in [5.41, 5.74) is 2.01. The third-order valence-corrected chi connectivity index (χ3v) is 7.00. The lowest BCUT2D eigenvalue weighted by Gasteiger charge is -2.47. The standard InChI is InChI=1S/C18H20N2O2S2/c1-13-4-2-5-14(19-13)9-22-15-8-18(24-10-15)11-20(12-18)17(21)16-6-3-7-23-16/h2-7,15H,8-12H2,1H3. The second-order valence-corrected chi connectivity index (χ2v) is 8.98. The molecule has 4 heterocycles. The molecule has 0 aromatic carbocycles. The molecule has 0 bridgehead atoms. The molecule has 1 spiro atoms. The molecule has 4 nitrogen and oxygen atoms in total. The molecule has 0 radical (unpaired) electrons. The minimum atomic E-state index is 0.171. The highest BCUT2D eigenvalue weighted by atomic mass is 32.2. The first-order valence-corrected chi connectivity index (χ1v) is 10.0. The number of pyridine rings is 1. The third-order valence-electron chi connectivity index (χ3n) is 4.57. The van der Waals surface area contributed by atoms with Crippen molar-refractivity contribution < 1.29 is 9.53 Å². The number of carbonyl (C=O) groups is 1. The van der Waals surface area contributed by atoms with Gasteiger partial charge in [0.05, 0.1) is 28.0 Å². The second-order valence-electron chi connectivity index (χ2n) is 6.54. The van der Waals surface area contributed by atoms with Crippen molar-refractivity contribution in [2.24, 2.45) is 0 Å². The zero-order chi connectivity index (χ0) is 16.6. The minimum absolute atomic E-state index is 0.171.